The number of aromatic hydroxyl groups is 1. The zero-order valence-electron chi connectivity index (χ0n) is 8.85. The normalized spacial score (nSPS) is 11.3. The van der Waals surface area contributed by atoms with Gasteiger partial charge in [-0.25, -0.2) is 9.97 Å². The first-order valence-electron chi connectivity index (χ1n) is 4.81. The molecular weight excluding hydrogens is 249 g/mol. The van der Waals surface area contributed by atoms with E-state index in [9.17, 15) is 13.2 Å². The van der Waals surface area contributed by atoms with Gasteiger partial charge in [0.1, 0.15) is 11.5 Å². The van der Waals surface area contributed by atoms with Crippen LogP contribution in [0.3, 0.4) is 0 Å². The number of aromatic nitrogens is 2. The van der Waals surface area contributed by atoms with Crippen LogP contribution >= 0.6 is 0 Å². The number of rotatable bonds is 2. The second-order valence-corrected chi connectivity index (χ2v) is 3.35. The maximum atomic E-state index is 12.2. The van der Waals surface area contributed by atoms with E-state index in [1.165, 1.54) is 24.3 Å². The lowest BCUT2D eigenvalue weighted by Gasteiger charge is -2.06. The van der Waals surface area contributed by atoms with Crippen LogP contribution in [0.15, 0.2) is 36.7 Å². The number of halogens is 3. The maximum absolute atomic E-state index is 12.2. The summed E-state index contributed by atoms with van der Waals surface area (Å²) in [7, 11) is 0. The number of hydrogen-bond acceptors (Lipinski definition) is 4. The summed E-state index contributed by atoms with van der Waals surface area (Å²) in [5, 5.41) is 9.04. The number of phenols is 1. The molecule has 1 N–H and O–H groups in total. The minimum absolute atomic E-state index is 0.0516. The first kappa shape index (κ1) is 12.2. The third-order valence-electron chi connectivity index (χ3n) is 2.00. The second-order valence-electron chi connectivity index (χ2n) is 3.35. The highest BCUT2D eigenvalue weighted by Gasteiger charge is 2.31. The number of nitrogens with zero attached hydrogens (tertiary/aromatic N) is 2. The molecule has 0 saturated heterocycles. The molecule has 0 spiro atoms. The zero-order chi connectivity index (χ0) is 13.2. The molecule has 1 aromatic heterocycles. The second kappa shape index (κ2) is 4.52. The molecule has 0 aliphatic carbocycles. The molecule has 0 atom stereocenters. The number of phenolic OH excluding ortho intramolecular Hbond substituents is 1. The molecule has 0 fully saturated rings. The molecule has 4 nitrogen and oxygen atoms in total. The van der Waals surface area contributed by atoms with Gasteiger partial charge in [-0.1, -0.05) is 0 Å². The van der Waals surface area contributed by atoms with Crippen molar-refractivity contribution in [3.8, 4) is 17.5 Å². The van der Waals surface area contributed by atoms with E-state index in [-0.39, 0.29) is 11.8 Å². The summed E-state index contributed by atoms with van der Waals surface area (Å²) in [6, 6.07) is 5.43. The Morgan fingerprint density at radius 3 is 2.06 bits per heavy atom. The van der Waals surface area contributed by atoms with Crippen LogP contribution in [0.25, 0.3) is 0 Å². The maximum Gasteiger partial charge on any atom is 0.419 e. The first-order chi connectivity index (χ1) is 8.45. The number of ether oxygens (including phenoxy) is 1. The Bertz CT molecular complexity index is 523. The quantitative estimate of drug-likeness (QED) is 0.897. The third kappa shape index (κ3) is 2.88. The number of hydrogen-bond donors (Lipinski definition) is 1. The van der Waals surface area contributed by atoms with Crippen LogP contribution in [0.5, 0.6) is 17.5 Å². The van der Waals surface area contributed by atoms with Crippen molar-refractivity contribution in [2.24, 2.45) is 0 Å². The summed E-state index contributed by atoms with van der Waals surface area (Å²) in [4.78, 5) is 6.89. The fraction of sp³-hybridized carbons (Fsp3) is 0.0909. The van der Waals surface area contributed by atoms with Crippen LogP contribution in [0.1, 0.15) is 5.56 Å². The van der Waals surface area contributed by atoms with E-state index in [1.54, 1.807) is 0 Å². The Kier molecular flexibility index (Phi) is 3.05. The summed E-state index contributed by atoms with van der Waals surface area (Å²) >= 11 is 0. The van der Waals surface area contributed by atoms with Crippen molar-refractivity contribution in [3.63, 3.8) is 0 Å². The van der Waals surface area contributed by atoms with Crippen molar-refractivity contribution >= 4 is 0 Å². The van der Waals surface area contributed by atoms with E-state index in [1.807, 2.05) is 0 Å². The lowest BCUT2D eigenvalue weighted by atomic mass is 10.3. The van der Waals surface area contributed by atoms with Gasteiger partial charge in [0.2, 0.25) is 0 Å². The van der Waals surface area contributed by atoms with Crippen molar-refractivity contribution < 1.29 is 23.0 Å². The zero-order valence-corrected chi connectivity index (χ0v) is 8.85. The van der Waals surface area contributed by atoms with Gasteiger partial charge in [-0.05, 0) is 24.3 Å². The van der Waals surface area contributed by atoms with E-state index < -0.39 is 11.7 Å². The smallest absolute Gasteiger partial charge is 0.419 e. The molecule has 94 valence electrons. The average Bonchev–Trinajstić information content (AvgIpc) is 2.32. The summed E-state index contributed by atoms with van der Waals surface area (Å²) in [6.07, 6.45) is -3.19. The summed E-state index contributed by atoms with van der Waals surface area (Å²) in [5.41, 5.74) is -0.944. The number of alkyl halides is 3. The van der Waals surface area contributed by atoms with Gasteiger partial charge < -0.3 is 9.84 Å². The topological polar surface area (TPSA) is 55.2 Å². The van der Waals surface area contributed by atoms with E-state index >= 15 is 0 Å². The molecule has 0 saturated carbocycles. The molecule has 0 aliphatic heterocycles. The SMILES string of the molecule is Oc1ccc(Oc2ncc(C(F)(F)F)cn2)cc1. The van der Waals surface area contributed by atoms with Gasteiger partial charge >= 0.3 is 12.2 Å². The largest absolute Gasteiger partial charge is 0.508 e. The Morgan fingerprint density at radius 1 is 1.00 bits per heavy atom. The van der Waals surface area contributed by atoms with Crippen molar-refractivity contribution in [2.75, 3.05) is 0 Å². The molecule has 1 heterocycles. The van der Waals surface area contributed by atoms with Crippen molar-refractivity contribution in [3.05, 3.63) is 42.2 Å². The molecule has 1 aromatic carbocycles. The summed E-state index contributed by atoms with van der Waals surface area (Å²) in [6.45, 7) is 0. The Balaban J connectivity index is 2.13. The molecule has 0 unspecified atom stereocenters. The van der Waals surface area contributed by atoms with Gasteiger partial charge in [-0.15, -0.1) is 0 Å². The van der Waals surface area contributed by atoms with Crippen molar-refractivity contribution in [1.29, 1.82) is 0 Å². The number of benzene rings is 1. The molecule has 0 bridgehead atoms. The summed E-state index contributed by atoms with van der Waals surface area (Å²) < 4.78 is 41.8. The first-order valence-corrected chi connectivity index (χ1v) is 4.81. The molecule has 2 rings (SSSR count). The van der Waals surface area contributed by atoms with Gasteiger partial charge in [-0.2, -0.15) is 13.2 Å². The van der Waals surface area contributed by atoms with E-state index in [4.69, 9.17) is 9.84 Å². The highest BCUT2D eigenvalue weighted by molar-refractivity contribution is 5.31. The van der Waals surface area contributed by atoms with Gasteiger partial charge in [0.05, 0.1) is 5.56 Å². The van der Waals surface area contributed by atoms with E-state index in [0.29, 0.717) is 18.1 Å². The van der Waals surface area contributed by atoms with Crippen molar-refractivity contribution in [2.45, 2.75) is 6.18 Å². The minimum Gasteiger partial charge on any atom is -0.508 e. The fourth-order valence-corrected chi connectivity index (χ4v) is 1.13. The monoisotopic (exact) mass is 256 g/mol. The van der Waals surface area contributed by atoms with Crippen LogP contribution in [-0.2, 0) is 6.18 Å². The van der Waals surface area contributed by atoms with E-state index in [0.717, 1.165) is 0 Å². The standard InChI is InChI=1S/C11H7F3N2O2/c12-11(13,14)7-5-15-10(16-6-7)18-9-3-1-8(17)2-4-9/h1-6,17H. The molecule has 0 aliphatic rings. The fourth-order valence-electron chi connectivity index (χ4n) is 1.13. The van der Waals surface area contributed by atoms with Crippen LogP contribution in [0.2, 0.25) is 0 Å². The van der Waals surface area contributed by atoms with Gasteiger partial charge in [0.25, 0.3) is 0 Å². The highest BCUT2D eigenvalue weighted by Crippen LogP contribution is 2.29. The minimum atomic E-state index is -4.48. The van der Waals surface area contributed by atoms with Crippen molar-refractivity contribution in [1.82, 2.24) is 9.97 Å². The molecule has 18 heavy (non-hydrogen) atoms. The van der Waals surface area contributed by atoms with Crippen LogP contribution in [0.4, 0.5) is 13.2 Å². The molecule has 0 radical (unpaired) electrons. The predicted octanol–water partition coefficient (Wildman–Crippen LogP) is 2.99. The Hall–Kier alpha value is -2.31. The molecule has 0 amide bonds. The third-order valence-corrected chi connectivity index (χ3v) is 2.00. The van der Waals surface area contributed by atoms with Gasteiger partial charge in [-0.3, -0.25) is 0 Å². The lowest BCUT2D eigenvalue weighted by Crippen LogP contribution is -2.06. The Labute approximate surface area is 99.7 Å². The highest BCUT2D eigenvalue weighted by atomic mass is 19.4. The van der Waals surface area contributed by atoms with E-state index in [2.05, 4.69) is 9.97 Å². The average molecular weight is 256 g/mol. The lowest BCUT2D eigenvalue weighted by molar-refractivity contribution is -0.138. The van der Waals surface area contributed by atoms with Crippen LogP contribution in [0, 0.1) is 0 Å². The van der Waals surface area contributed by atoms with Gasteiger partial charge in [0.15, 0.2) is 0 Å². The van der Waals surface area contributed by atoms with Gasteiger partial charge in [0, 0.05) is 12.4 Å². The Morgan fingerprint density at radius 2 is 1.56 bits per heavy atom. The molecular formula is C11H7F3N2O2. The van der Waals surface area contributed by atoms with Crippen LogP contribution in [-0.4, -0.2) is 15.1 Å². The molecule has 7 heteroatoms. The molecule has 2 aromatic rings. The van der Waals surface area contributed by atoms with Crippen LogP contribution < -0.4 is 4.74 Å². The summed E-state index contributed by atoms with van der Waals surface area (Å²) in [5.74, 6) is 0.364. The predicted molar refractivity (Wildman–Crippen MR) is 55.2 cm³/mol.